The van der Waals surface area contributed by atoms with Crippen molar-refractivity contribution in [3.63, 3.8) is 0 Å². The van der Waals surface area contributed by atoms with E-state index >= 15 is 0 Å². The molecular weight excluding hydrogens is 591 g/mol. The molecule has 0 unspecified atom stereocenters. The third kappa shape index (κ3) is 6.14. The van der Waals surface area contributed by atoms with Crippen LogP contribution in [0.15, 0.2) is 30.4 Å². The fourth-order valence-electron chi connectivity index (χ4n) is 6.11. The predicted octanol–water partition coefficient (Wildman–Crippen LogP) is 1.76. The van der Waals surface area contributed by atoms with Gasteiger partial charge < -0.3 is 20.7 Å². The summed E-state index contributed by atoms with van der Waals surface area (Å²) in [6.45, 7) is 1.73. The topological polar surface area (TPSA) is 174 Å². The first-order valence-corrected chi connectivity index (χ1v) is 16.7. The van der Waals surface area contributed by atoms with Crippen LogP contribution in [0.2, 0.25) is 0 Å². The van der Waals surface area contributed by atoms with Crippen LogP contribution >= 0.6 is 0 Å². The van der Waals surface area contributed by atoms with Gasteiger partial charge in [0.2, 0.25) is 27.7 Å². The molecule has 0 bridgehead atoms. The van der Waals surface area contributed by atoms with Crippen molar-refractivity contribution < 1.29 is 31.9 Å². The van der Waals surface area contributed by atoms with Crippen LogP contribution in [-0.4, -0.2) is 76.5 Å². The molecule has 2 saturated carbocycles. The lowest BCUT2D eigenvalue weighted by atomic mass is 10.1. The average Bonchev–Trinajstić information content (AvgIpc) is 3.89. The molecule has 4 N–H and O–H groups in total. The second-order valence-electron chi connectivity index (χ2n) is 12.3. The monoisotopic (exact) mass is 628 g/mol. The van der Waals surface area contributed by atoms with Gasteiger partial charge in [0, 0.05) is 18.4 Å². The normalized spacial score (nSPS) is 29.7. The molecule has 6 rings (SSSR count). The number of rotatable bonds is 5. The van der Waals surface area contributed by atoms with Crippen LogP contribution < -0.4 is 20.5 Å². The quantitative estimate of drug-likeness (QED) is 0.417. The Kier molecular flexibility index (Phi) is 8.07. The summed E-state index contributed by atoms with van der Waals surface area (Å²) >= 11 is 0. The van der Waals surface area contributed by atoms with Gasteiger partial charge >= 0.3 is 0 Å². The number of hydrogen-bond donors (Lipinski definition) is 3. The Balaban J connectivity index is 1.27. The second-order valence-corrected chi connectivity index (χ2v) is 14.3. The third-order valence-corrected chi connectivity index (χ3v) is 10.7. The number of aryl methyl sites for hydroxylation is 1. The van der Waals surface area contributed by atoms with Crippen LogP contribution in [0, 0.1) is 18.7 Å². The Morgan fingerprint density at radius 2 is 1.95 bits per heavy atom. The number of allylic oxidation sites excluding steroid dienone is 1. The van der Waals surface area contributed by atoms with Gasteiger partial charge in [-0.3, -0.25) is 19.1 Å². The largest absolute Gasteiger partial charge is 0.471 e. The molecule has 1 aromatic carbocycles. The average molecular weight is 629 g/mol. The molecule has 12 nitrogen and oxygen atoms in total. The Labute approximate surface area is 255 Å². The molecule has 0 radical (unpaired) electrons. The molecule has 4 aliphatic rings. The number of halogens is 1. The van der Waals surface area contributed by atoms with Gasteiger partial charge in [-0.15, -0.1) is 0 Å². The highest BCUT2D eigenvalue weighted by Gasteiger charge is 2.62. The standard InChI is InChI=1S/C30H37FN6O6S/c1-17-27(34-24-13-19(31)9-12-23(24)33-17)43-20-14-25-26(38)35-30(29(40)36-44(41,42)21-10-11-21)15-18(30)7-5-3-2-4-6-8-22(32)28(39)37(25)16-20/h5,7,9,12-13,18,20-22,25H,2-4,6,8,10-11,14-16,32H2,1H3,(H,35,38)(H,36,40)/t18-,20-,22+,25+,30-/m1/s1. The number of ether oxygens (including phenoxy) is 1. The summed E-state index contributed by atoms with van der Waals surface area (Å²) in [4.78, 5) is 51.2. The van der Waals surface area contributed by atoms with Crippen LogP contribution in [0.1, 0.15) is 63.5 Å². The van der Waals surface area contributed by atoms with Gasteiger partial charge in [-0.1, -0.05) is 25.0 Å². The highest BCUT2D eigenvalue weighted by atomic mass is 32.2. The summed E-state index contributed by atoms with van der Waals surface area (Å²) in [5.74, 6) is -2.48. The second kappa shape index (κ2) is 11.7. The number of nitrogens with one attached hydrogen (secondary N) is 2. The van der Waals surface area contributed by atoms with E-state index in [2.05, 4.69) is 20.0 Å². The van der Waals surface area contributed by atoms with E-state index in [1.165, 1.54) is 23.1 Å². The van der Waals surface area contributed by atoms with Crippen LogP contribution in [0.25, 0.3) is 11.0 Å². The Hall–Kier alpha value is -3.65. The molecule has 2 aliphatic carbocycles. The van der Waals surface area contributed by atoms with Crippen molar-refractivity contribution in [1.29, 1.82) is 0 Å². The van der Waals surface area contributed by atoms with E-state index in [9.17, 15) is 27.2 Å². The van der Waals surface area contributed by atoms with Gasteiger partial charge in [0.1, 0.15) is 29.2 Å². The number of carbonyl (C=O) groups is 3. The molecule has 5 atom stereocenters. The minimum atomic E-state index is -3.84. The highest BCUT2D eigenvalue weighted by Crippen LogP contribution is 2.46. The van der Waals surface area contributed by atoms with Gasteiger partial charge in [0.15, 0.2) is 0 Å². The molecule has 3 fully saturated rings. The fourth-order valence-corrected chi connectivity index (χ4v) is 7.47. The molecule has 2 aliphatic heterocycles. The number of aromatic nitrogens is 2. The van der Waals surface area contributed by atoms with Crippen molar-refractivity contribution >= 4 is 38.8 Å². The SMILES string of the molecule is Cc1nc2ccc(F)cc2nc1O[C@@H]1C[C@H]2C(=O)N[C@]3(C(=O)NS(=O)(=O)C4CC4)C[C@H]3C=CCCCCC[C@H](N)C(=O)N2C1. The highest BCUT2D eigenvalue weighted by molar-refractivity contribution is 7.91. The summed E-state index contributed by atoms with van der Waals surface area (Å²) in [7, 11) is -3.84. The number of nitrogens with two attached hydrogens (primary N) is 1. The molecule has 0 spiro atoms. The van der Waals surface area contributed by atoms with Gasteiger partial charge in [0.05, 0.1) is 28.9 Å². The molecular formula is C30H37FN6O6S. The van der Waals surface area contributed by atoms with Crippen LogP contribution in [0.5, 0.6) is 5.88 Å². The minimum Gasteiger partial charge on any atom is -0.471 e. The molecule has 1 aromatic heterocycles. The number of sulfonamides is 1. The molecule has 236 valence electrons. The van der Waals surface area contributed by atoms with Crippen LogP contribution in [0.4, 0.5) is 4.39 Å². The lowest BCUT2D eigenvalue weighted by Crippen LogP contribution is -2.57. The predicted molar refractivity (Wildman–Crippen MR) is 158 cm³/mol. The number of carbonyl (C=O) groups excluding carboxylic acids is 3. The van der Waals surface area contributed by atoms with E-state index in [1.807, 2.05) is 12.2 Å². The zero-order chi connectivity index (χ0) is 31.2. The van der Waals surface area contributed by atoms with Crippen molar-refractivity contribution in [1.82, 2.24) is 24.9 Å². The van der Waals surface area contributed by atoms with E-state index < -0.39 is 62.5 Å². The number of benzene rings is 1. The maximum absolute atomic E-state index is 13.9. The molecule has 14 heteroatoms. The summed E-state index contributed by atoms with van der Waals surface area (Å²) in [6.07, 6.45) is 8.10. The zero-order valence-electron chi connectivity index (χ0n) is 24.5. The number of nitrogens with zero attached hydrogens (tertiary/aromatic N) is 3. The van der Waals surface area contributed by atoms with E-state index in [4.69, 9.17) is 10.5 Å². The molecule has 44 heavy (non-hydrogen) atoms. The van der Waals surface area contributed by atoms with Crippen molar-refractivity contribution in [2.45, 2.75) is 93.7 Å². The Morgan fingerprint density at radius 3 is 2.73 bits per heavy atom. The molecule has 2 aromatic rings. The summed E-state index contributed by atoms with van der Waals surface area (Å²) in [6, 6.07) is 2.21. The Morgan fingerprint density at radius 1 is 1.16 bits per heavy atom. The first-order chi connectivity index (χ1) is 21.0. The summed E-state index contributed by atoms with van der Waals surface area (Å²) in [5, 5.41) is 2.22. The first-order valence-electron chi connectivity index (χ1n) is 15.2. The zero-order valence-corrected chi connectivity index (χ0v) is 25.3. The Bertz CT molecular complexity index is 1630. The maximum Gasteiger partial charge on any atom is 0.259 e. The van der Waals surface area contributed by atoms with E-state index in [0.717, 1.165) is 25.7 Å². The van der Waals surface area contributed by atoms with E-state index in [1.54, 1.807) is 6.92 Å². The molecule has 3 amide bonds. The van der Waals surface area contributed by atoms with E-state index in [0.29, 0.717) is 36.0 Å². The minimum absolute atomic E-state index is 0.0332. The van der Waals surface area contributed by atoms with Crippen LogP contribution in [-0.2, 0) is 24.4 Å². The number of amides is 3. The van der Waals surface area contributed by atoms with Crippen molar-refractivity contribution in [2.75, 3.05) is 6.54 Å². The van der Waals surface area contributed by atoms with Crippen molar-refractivity contribution in [3.8, 4) is 5.88 Å². The van der Waals surface area contributed by atoms with Gasteiger partial charge in [-0.25, -0.2) is 22.8 Å². The van der Waals surface area contributed by atoms with Gasteiger partial charge in [0.25, 0.3) is 5.91 Å². The summed E-state index contributed by atoms with van der Waals surface area (Å²) in [5.41, 5.74) is 6.12. The lowest BCUT2D eigenvalue weighted by Gasteiger charge is -2.28. The van der Waals surface area contributed by atoms with Gasteiger partial charge in [-0.05, 0) is 57.6 Å². The smallest absolute Gasteiger partial charge is 0.259 e. The van der Waals surface area contributed by atoms with Gasteiger partial charge in [-0.2, -0.15) is 0 Å². The fraction of sp³-hybridized carbons (Fsp3) is 0.567. The van der Waals surface area contributed by atoms with Crippen molar-refractivity contribution in [3.05, 3.63) is 41.9 Å². The van der Waals surface area contributed by atoms with Crippen molar-refractivity contribution in [2.24, 2.45) is 11.7 Å². The third-order valence-electron chi connectivity index (χ3n) is 8.92. The lowest BCUT2D eigenvalue weighted by molar-refractivity contribution is -0.140. The molecule has 1 saturated heterocycles. The summed E-state index contributed by atoms with van der Waals surface area (Å²) < 4.78 is 47.4. The van der Waals surface area contributed by atoms with Crippen LogP contribution in [0.3, 0.4) is 0 Å². The number of hydrogen-bond acceptors (Lipinski definition) is 9. The maximum atomic E-state index is 13.9. The molecule has 3 heterocycles. The van der Waals surface area contributed by atoms with E-state index in [-0.39, 0.29) is 31.2 Å². The number of fused-ring (bicyclic) bond motifs is 3. The first kappa shape index (κ1) is 30.4.